The molecule has 30 heavy (non-hydrogen) atoms. The standard InChI is InChI=1S/C23H28N2O4S/c1-29-21-8-6-18(7-9-21)16-24(20-12-15-30(27,28)17-20)13-11-23(26)25-14-10-19-4-2-3-5-22(19)25/h2-9,20H,10-17H2,1H3. The molecule has 0 aromatic heterocycles. The number of fused-ring (bicyclic) bond motifs is 1. The molecule has 0 N–H and O–H groups in total. The minimum Gasteiger partial charge on any atom is -0.497 e. The summed E-state index contributed by atoms with van der Waals surface area (Å²) in [6.45, 7) is 1.88. The highest BCUT2D eigenvalue weighted by Gasteiger charge is 2.33. The largest absolute Gasteiger partial charge is 0.497 e. The molecule has 2 aliphatic rings. The second-order valence-corrected chi connectivity index (χ2v) is 10.3. The summed E-state index contributed by atoms with van der Waals surface area (Å²) in [4.78, 5) is 17.0. The Labute approximate surface area is 178 Å². The van der Waals surface area contributed by atoms with Crippen molar-refractivity contribution in [2.45, 2.75) is 31.8 Å². The third-order valence-corrected chi connectivity index (χ3v) is 7.82. The highest BCUT2D eigenvalue weighted by Crippen LogP contribution is 2.28. The lowest BCUT2D eigenvalue weighted by Crippen LogP contribution is -2.39. The predicted octanol–water partition coefficient (Wildman–Crippen LogP) is 2.66. The maximum absolute atomic E-state index is 13.0. The van der Waals surface area contributed by atoms with Gasteiger partial charge in [0.25, 0.3) is 0 Å². The summed E-state index contributed by atoms with van der Waals surface area (Å²) in [5.74, 6) is 1.28. The first-order chi connectivity index (χ1) is 14.4. The van der Waals surface area contributed by atoms with Crippen LogP contribution in [0.4, 0.5) is 5.69 Å². The number of para-hydroxylation sites is 1. The molecule has 160 valence electrons. The fraction of sp³-hybridized carbons (Fsp3) is 0.435. The predicted molar refractivity (Wildman–Crippen MR) is 118 cm³/mol. The topological polar surface area (TPSA) is 66.9 Å². The fourth-order valence-corrected chi connectivity index (χ4v) is 6.15. The lowest BCUT2D eigenvalue weighted by Gasteiger charge is -2.29. The van der Waals surface area contributed by atoms with Gasteiger partial charge in [-0.15, -0.1) is 0 Å². The van der Waals surface area contributed by atoms with Gasteiger partial charge in [0.05, 0.1) is 18.6 Å². The Morgan fingerprint density at radius 2 is 1.93 bits per heavy atom. The summed E-state index contributed by atoms with van der Waals surface area (Å²) in [5, 5.41) is 0. The summed E-state index contributed by atoms with van der Waals surface area (Å²) in [7, 11) is -1.36. The monoisotopic (exact) mass is 428 g/mol. The highest BCUT2D eigenvalue weighted by atomic mass is 32.2. The maximum atomic E-state index is 13.0. The van der Waals surface area contributed by atoms with Crippen molar-refractivity contribution in [1.29, 1.82) is 0 Å². The van der Waals surface area contributed by atoms with Gasteiger partial charge in [-0.25, -0.2) is 8.42 Å². The lowest BCUT2D eigenvalue weighted by molar-refractivity contribution is -0.119. The zero-order valence-electron chi connectivity index (χ0n) is 17.3. The maximum Gasteiger partial charge on any atom is 0.228 e. The van der Waals surface area contributed by atoms with Crippen LogP contribution in [0, 0.1) is 0 Å². The van der Waals surface area contributed by atoms with Gasteiger partial charge in [0.1, 0.15) is 5.75 Å². The quantitative estimate of drug-likeness (QED) is 0.678. The molecule has 4 rings (SSSR count). The minimum absolute atomic E-state index is 0.0456. The van der Waals surface area contributed by atoms with E-state index < -0.39 is 9.84 Å². The lowest BCUT2D eigenvalue weighted by atomic mass is 10.1. The van der Waals surface area contributed by atoms with E-state index >= 15 is 0 Å². The SMILES string of the molecule is COc1ccc(CN(CCC(=O)N2CCc3ccccc32)C2CCS(=O)(=O)C2)cc1. The van der Waals surface area contributed by atoms with E-state index in [0.717, 1.165) is 23.4 Å². The second-order valence-electron chi connectivity index (χ2n) is 8.05. The van der Waals surface area contributed by atoms with Gasteiger partial charge >= 0.3 is 0 Å². The molecule has 1 fully saturated rings. The molecule has 2 aromatic carbocycles. The molecule has 1 saturated heterocycles. The van der Waals surface area contributed by atoms with Crippen molar-refractivity contribution >= 4 is 21.4 Å². The van der Waals surface area contributed by atoms with Crippen molar-refractivity contribution in [2.24, 2.45) is 0 Å². The van der Waals surface area contributed by atoms with E-state index in [-0.39, 0.29) is 23.5 Å². The number of carbonyl (C=O) groups is 1. The molecule has 1 atom stereocenters. The van der Waals surface area contributed by atoms with Crippen molar-refractivity contribution in [3.63, 3.8) is 0 Å². The molecule has 2 aliphatic heterocycles. The Hall–Kier alpha value is -2.38. The van der Waals surface area contributed by atoms with E-state index in [9.17, 15) is 13.2 Å². The van der Waals surface area contributed by atoms with Gasteiger partial charge in [-0.1, -0.05) is 30.3 Å². The van der Waals surface area contributed by atoms with Crippen molar-refractivity contribution in [3.05, 3.63) is 59.7 Å². The normalized spacial score (nSPS) is 19.8. The van der Waals surface area contributed by atoms with Crippen LogP contribution in [0.15, 0.2) is 48.5 Å². The average Bonchev–Trinajstić information content (AvgIpc) is 3.34. The van der Waals surface area contributed by atoms with Gasteiger partial charge in [-0.05, 0) is 42.2 Å². The Morgan fingerprint density at radius 1 is 1.17 bits per heavy atom. The second kappa shape index (κ2) is 8.78. The van der Waals surface area contributed by atoms with Gasteiger partial charge in [-0.3, -0.25) is 9.69 Å². The minimum atomic E-state index is -2.99. The van der Waals surface area contributed by atoms with Crippen LogP contribution in [0.3, 0.4) is 0 Å². The summed E-state index contributed by atoms with van der Waals surface area (Å²) in [6.07, 6.45) is 1.89. The molecule has 7 heteroatoms. The molecular weight excluding hydrogens is 400 g/mol. The molecule has 1 unspecified atom stereocenters. The molecule has 2 aromatic rings. The third kappa shape index (κ3) is 4.68. The molecule has 1 amide bonds. The van der Waals surface area contributed by atoms with Crippen LogP contribution in [0.2, 0.25) is 0 Å². The van der Waals surface area contributed by atoms with E-state index in [1.807, 2.05) is 47.4 Å². The number of amides is 1. The molecule has 0 radical (unpaired) electrons. The summed E-state index contributed by atoms with van der Waals surface area (Å²) < 4.78 is 29.3. The van der Waals surface area contributed by atoms with Crippen molar-refractivity contribution in [3.8, 4) is 5.75 Å². The number of carbonyl (C=O) groups excluding carboxylic acids is 1. The number of hydrogen-bond acceptors (Lipinski definition) is 5. The molecule has 0 spiro atoms. The summed E-state index contributed by atoms with van der Waals surface area (Å²) in [6, 6.07) is 15.8. The summed E-state index contributed by atoms with van der Waals surface area (Å²) in [5.41, 5.74) is 3.30. The zero-order chi connectivity index (χ0) is 21.1. The molecule has 0 saturated carbocycles. The molecule has 6 nitrogen and oxygen atoms in total. The Balaban J connectivity index is 1.45. The molecule has 0 aliphatic carbocycles. The van der Waals surface area contributed by atoms with Gasteiger partial charge in [0.15, 0.2) is 9.84 Å². The van der Waals surface area contributed by atoms with E-state index in [1.54, 1.807) is 7.11 Å². The number of methoxy groups -OCH3 is 1. The first-order valence-electron chi connectivity index (χ1n) is 10.4. The zero-order valence-corrected chi connectivity index (χ0v) is 18.1. The van der Waals surface area contributed by atoms with Crippen LogP contribution in [-0.2, 0) is 27.6 Å². The van der Waals surface area contributed by atoms with Gasteiger partial charge in [-0.2, -0.15) is 0 Å². The van der Waals surface area contributed by atoms with Gasteiger partial charge < -0.3 is 9.64 Å². The van der Waals surface area contributed by atoms with Crippen molar-refractivity contribution in [1.82, 2.24) is 4.90 Å². The van der Waals surface area contributed by atoms with Crippen LogP contribution >= 0.6 is 0 Å². The van der Waals surface area contributed by atoms with Gasteiger partial charge in [0.2, 0.25) is 5.91 Å². The highest BCUT2D eigenvalue weighted by molar-refractivity contribution is 7.91. The van der Waals surface area contributed by atoms with Crippen LogP contribution < -0.4 is 9.64 Å². The Kier molecular flexibility index (Phi) is 6.11. The van der Waals surface area contributed by atoms with Crippen LogP contribution in [0.5, 0.6) is 5.75 Å². The number of hydrogen-bond donors (Lipinski definition) is 0. The molecule has 0 bridgehead atoms. The first-order valence-corrected chi connectivity index (χ1v) is 12.2. The first kappa shape index (κ1) is 20.9. The smallest absolute Gasteiger partial charge is 0.228 e. The average molecular weight is 429 g/mol. The van der Waals surface area contributed by atoms with Crippen LogP contribution in [0.25, 0.3) is 0 Å². The number of benzene rings is 2. The van der Waals surface area contributed by atoms with E-state index in [0.29, 0.717) is 32.5 Å². The van der Waals surface area contributed by atoms with E-state index in [4.69, 9.17) is 4.74 Å². The Bertz CT molecular complexity index is 1000. The fourth-order valence-electron chi connectivity index (χ4n) is 4.39. The molecular formula is C23H28N2O4S. The molecule has 2 heterocycles. The van der Waals surface area contributed by atoms with Crippen LogP contribution in [-0.4, -0.2) is 57.0 Å². The van der Waals surface area contributed by atoms with E-state index in [1.165, 1.54) is 5.56 Å². The van der Waals surface area contributed by atoms with Crippen LogP contribution in [0.1, 0.15) is 24.0 Å². The summed E-state index contributed by atoms with van der Waals surface area (Å²) >= 11 is 0. The number of sulfone groups is 1. The number of ether oxygens (including phenoxy) is 1. The number of nitrogens with zero attached hydrogens (tertiary/aromatic N) is 2. The number of rotatable bonds is 7. The van der Waals surface area contributed by atoms with Crippen molar-refractivity contribution < 1.29 is 17.9 Å². The van der Waals surface area contributed by atoms with E-state index in [2.05, 4.69) is 11.0 Å². The van der Waals surface area contributed by atoms with Gasteiger partial charge in [0, 0.05) is 37.8 Å². The Morgan fingerprint density at radius 3 is 2.63 bits per heavy atom. The third-order valence-electron chi connectivity index (χ3n) is 6.07. The van der Waals surface area contributed by atoms with Crippen molar-refractivity contribution in [2.75, 3.05) is 36.6 Å². The number of anilines is 1.